The van der Waals surface area contributed by atoms with E-state index in [-0.39, 0.29) is 16.5 Å². The molecule has 0 saturated heterocycles. The largest absolute Gasteiger partial charge is 0.433 e. The molecular weight excluding hydrogens is 314 g/mol. The molecule has 0 spiro atoms. The molecule has 4 N–H and O–H groups in total. The minimum absolute atomic E-state index is 0.173. The van der Waals surface area contributed by atoms with Crippen LogP contribution in [0, 0.1) is 5.82 Å². The first-order chi connectivity index (χ1) is 9.79. The topological polar surface area (TPSA) is 75.9 Å². The van der Waals surface area contributed by atoms with E-state index < -0.39 is 23.6 Å². The first kappa shape index (κ1) is 15.3. The third kappa shape index (κ3) is 3.70. The molecular formula is C11H8ClF4N5. The van der Waals surface area contributed by atoms with Crippen LogP contribution >= 0.6 is 11.6 Å². The summed E-state index contributed by atoms with van der Waals surface area (Å²) in [6, 6.07) is 4.27. The summed E-state index contributed by atoms with van der Waals surface area (Å²) in [6.45, 7) is 0. The Labute approximate surface area is 121 Å². The molecule has 0 fully saturated rings. The molecule has 0 unspecified atom stereocenters. The van der Waals surface area contributed by atoms with Crippen molar-refractivity contribution in [3.8, 4) is 0 Å². The summed E-state index contributed by atoms with van der Waals surface area (Å²) in [4.78, 5) is 6.92. The maximum atomic E-state index is 13.0. The number of alkyl halides is 3. The molecule has 0 aliphatic carbocycles. The summed E-state index contributed by atoms with van der Waals surface area (Å²) in [6.07, 6.45) is -4.66. The molecule has 1 aromatic heterocycles. The number of hydrazine groups is 1. The van der Waals surface area contributed by atoms with Crippen LogP contribution in [0.15, 0.2) is 24.3 Å². The van der Waals surface area contributed by atoms with E-state index in [4.69, 9.17) is 17.4 Å². The lowest BCUT2D eigenvalue weighted by atomic mass is 10.3. The Morgan fingerprint density at radius 1 is 1.14 bits per heavy atom. The Kier molecular flexibility index (Phi) is 4.14. The number of hydrogen-bond acceptors (Lipinski definition) is 5. The monoisotopic (exact) mass is 321 g/mol. The summed E-state index contributed by atoms with van der Waals surface area (Å²) in [5.41, 5.74) is 1.02. The third-order valence-electron chi connectivity index (χ3n) is 2.34. The molecule has 21 heavy (non-hydrogen) atoms. The summed E-state index contributed by atoms with van der Waals surface area (Å²) < 4.78 is 51.1. The van der Waals surface area contributed by atoms with Gasteiger partial charge in [-0.05, 0) is 18.2 Å². The predicted molar refractivity (Wildman–Crippen MR) is 69.5 cm³/mol. The quantitative estimate of drug-likeness (QED) is 0.459. The van der Waals surface area contributed by atoms with Gasteiger partial charge in [0.15, 0.2) is 5.69 Å². The van der Waals surface area contributed by atoms with E-state index in [0.29, 0.717) is 6.07 Å². The van der Waals surface area contributed by atoms with E-state index in [2.05, 4.69) is 15.3 Å². The van der Waals surface area contributed by atoms with E-state index in [1.165, 1.54) is 12.1 Å². The highest BCUT2D eigenvalue weighted by Crippen LogP contribution is 2.30. The molecule has 0 bridgehead atoms. The second-order valence-electron chi connectivity index (χ2n) is 3.86. The maximum absolute atomic E-state index is 13.0. The number of nitrogen functional groups attached to an aromatic ring is 1. The van der Waals surface area contributed by atoms with Gasteiger partial charge in [0.1, 0.15) is 11.6 Å². The Bertz CT molecular complexity index is 662. The predicted octanol–water partition coefficient (Wildman–Crippen LogP) is 3.32. The van der Waals surface area contributed by atoms with Crippen LogP contribution in [0.2, 0.25) is 5.02 Å². The smallest absolute Gasteiger partial charge is 0.340 e. The molecule has 10 heteroatoms. The van der Waals surface area contributed by atoms with Gasteiger partial charge in [-0.15, -0.1) is 0 Å². The van der Waals surface area contributed by atoms with Crippen molar-refractivity contribution in [1.29, 1.82) is 0 Å². The zero-order valence-corrected chi connectivity index (χ0v) is 10.9. The Hall–Kier alpha value is -2.13. The first-order valence-electron chi connectivity index (χ1n) is 5.44. The third-order valence-corrected chi connectivity index (χ3v) is 2.63. The maximum Gasteiger partial charge on any atom is 0.433 e. The van der Waals surface area contributed by atoms with Crippen LogP contribution in [-0.4, -0.2) is 9.97 Å². The van der Waals surface area contributed by atoms with Gasteiger partial charge in [-0.25, -0.2) is 15.2 Å². The molecule has 2 aromatic rings. The number of rotatable bonds is 3. The van der Waals surface area contributed by atoms with Gasteiger partial charge in [-0.1, -0.05) is 11.6 Å². The molecule has 2 rings (SSSR count). The average Bonchev–Trinajstić information content (AvgIpc) is 2.41. The molecule has 1 heterocycles. The van der Waals surface area contributed by atoms with Crippen LogP contribution in [-0.2, 0) is 6.18 Å². The minimum atomic E-state index is -4.66. The molecule has 0 atom stereocenters. The van der Waals surface area contributed by atoms with Gasteiger partial charge in [-0.2, -0.15) is 18.2 Å². The highest BCUT2D eigenvalue weighted by atomic mass is 35.5. The molecule has 1 aromatic carbocycles. The van der Waals surface area contributed by atoms with Crippen molar-refractivity contribution in [3.05, 3.63) is 40.8 Å². The Balaban J connectivity index is 2.36. The molecule has 0 radical (unpaired) electrons. The van der Waals surface area contributed by atoms with Crippen molar-refractivity contribution < 1.29 is 17.6 Å². The number of hydrogen-bond donors (Lipinski definition) is 3. The van der Waals surface area contributed by atoms with Gasteiger partial charge in [0.2, 0.25) is 5.95 Å². The van der Waals surface area contributed by atoms with E-state index in [0.717, 1.165) is 6.07 Å². The Morgan fingerprint density at radius 2 is 1.86 bits per heavy atom. The number of halogens is 5. The van der Waals surface area contributed by atoms with Crippen LogP contribution in [0.5, 0.6) is 0 Å². The van der Waals surface area contributed by atoms with Gasteiger partial charge >= 0.3 is 6.18 Å². The van der Waals surface area contributed by atoms with Crippen LogP contribution in [0.3, 0.4) is 0 Å². The fourth-order valence-corrected chi connectivity index (χ4v) is 1.62. The zero-order valence-electron chi connectivity index (χ0n) is 10.2. The van der Waals surface area contributed by atoms with Crippen LogP contribution in [0.25, 0.3) is 0 Å². The lowest BCUT2D eigenvalue weighted by Gasteiger charge is -2.11. The molecule has 0 amide bonds. The minimum Gasteiger partial charge on any atom is -0.340 e. The fourth-order valence-electron chi connectivity index (χ4n) is 1.44. The van der Waals surface area contributed by atoms with Crippen molar-refractivity contribution in [1.82, 2.24) is 9.97 Å². The average molecular weight is 322 g/mol. The van der Waals surface area contributed by atoms with Crippen molar-refractivity contribution in [3.63, 3.8) is 0 Å². The number of nitrogens with two attached hydrogens (primary N) is 1. The van der Waals surface area contributed by atoms with Gasteiger partial charge in [0, 0.05) is 11.8 Å². The second-order valence-corrected chi connectivity index (χ2v) is 4.27. The van der Waals surface area contributed by atoms with Crippen LogP contribution < -0.4 is 16.6 Å². The van der Waals surface area contributed by atoms with Crippen molar-refractivity contribution in [2.24, 2.45) is 5.84 Å². The summed E-state index contributed by atoms with van der Waals surface area (Å²) in [7, 11) is 0. The van der Waals surface area contributed by atoms with E-state index in [1.54, 1.807) is 0 Å². The second kappa shape index (κ2) is 5.70. The van der Waals surface area contributed by atoms with Crippen molar-refractivity contribution >= 4 is 29.1 Å². The summed E-state index contributed by atoms with van der Waals surface area (Å²) in [5, 5.41) is 2.38. The molecule has 112 valence electrons. The SMILES string of the molecule is NNc1nc(Nc2ccc(F)c(Cl)c2)cc(C(F)(F)F)n1. The number of aromatic nitrogens is 2. The van der Waals surface area contributed by atoms with Gasteiger partial charge in [0.05, 0.1) is 5.02 Å². The number of nitrogens with zero attached hydrogens (tertiary/aromatic N) is 2. The Morgan fingerprint density at radius 3 is 2.43 bits per heavy atom. The fraction of sp³-hybridized carbons (Fsp3) is 0.0909. The molecule has 5 nitrogen and oxygen atoms in total. The zero-order chi connectivity index (χ0) is 15.6. The standard InChI is InChI=1S/C11H8ClF4N5/c12-6-3-5(1-2-7(6)13)18-9-4-8(11(14,15)16)19-10(20-9)21-17/h1-4H,17H2,(H2,18,19,20,21). The number of nitrogens with one attached hydrogen (secondary N) is 2. The summed E-state index contributed by atoms with van der Waals surface area (Å²) in [5.74, 6) is 3.79. The molecule has 0 aliphatic heterocycles. The molecule has 0 saturated carbocycles. The summed E-state index contributed by atoms with van der Waals surface area (Å²) >= 11 is 5.58. The first-order valence-corrected chi connectivity index (χ1v) is 5.82. The van der Waals surface area contributed by atoms with Crippen molar-refractivity contribution in [2.75, 3.05) is 10.7 Å². The highest BCUT2D eigenvalue weighted by Gasteiger charge is 2.33. The van der Waals surface area contributed by atoms with Gasteiger partial charge < -0.3 is 5.32 Å². The van der Waals surface area contributed by atoms with E-state index in [9.17, 15) is 17.6 Å². The molecule has 0 aliphatic rings. The number of anilines is 3. The lowest BCUT2D eigenvalue weighted by molar-refractivity contribution is -0.141. The number of benzene rings is 1. The highest BCUT2D eigenvalue weighted by molar-refractivity contribution is 6.31. The van der Waals surface area contributed by atoms with Gasteiger partial charge in [0.25, 0.3) is 0 Å². The van der Waals surface area contributed by atoms with Gasteiger partial charge in [-0.3, -0.25) is 5.43 Å². The van der Waals surface area contributed by atoms with Crippen LogP contribution in [0.4, 0.5) is 35.0 Å². The lowest BCUT2D eigenvalue weighted by Crippen LogP contribution is -2.16. The van der Waals surface area contributed by atoms with Crippen molar-refractivity contribution in [2.45, 2.75) is 6.18 Å². The van der Waals surface area contributed by atoms with E-state index >= 15 is 0 Å². The van der Waals surface area contributed by atoms with E-state index in [1.807, 2.05) is 5.43 Å². The normalized spacial score (nSPS) is 11.3. The van der Waals surface area contributed by atoms with Crippen LogP contribution in [0.1, 0.15) is 5.69 Å².